The van der Waals surface area contributed by atoms with E-state index in [9.17, 15) is 0 Å². The first kappa shape index (κ1) is 34.3. The average Bonchev–Trinajstić information content (AvgIpc) is 4.07. The van der Waals surface area contributed by atoms with E-state index >= 15 is 0 Å². The van der Waals surface area contributed by atoms with E-state index in [1.165, 1.54) is 55.3 Å². The number of aromatic nitrogens is 4. The summed E-state index contributed by atoms with van der Waals surface area (Å²) in [6.07, 6.45) is 0. The van der Waals surface area contributed by atoms with Gasteiger partial charge in [0.25, 0.3) is 0 Å². The summed E-state index contributed by atoms with van der Waals surface area (Å²) in [5.41, 5.74) is 17.4. The molecule has 0 radical (unpaired) electrons. The van der Waals surface area contributed by atoms with Gasteiger partial charge in [-0.25, -0.2) is 15.0 Å². The second-order valence-corrected chi connectivity index (χ2v) is 16.6. The van der Waals surface area contributed by atoms with Gasteiger partial charge in [-0.1, -0.05) is 170 Å². The second kappa shape index (κ2) is 12.8. The molecule has 3 aromatic heterocycles. The summed E-state index contributed by atoms with van der Waals surface area (Å²) in [5.74, 6) is 1.76. The van der Waals surface area contributed by atoms with Gasteiger partial charge in [-0.05, 0) is 80.9 Å². The predicted octanol–water partition coefficient (Wildman–Crippen LogP) is 14.2. The molecule has 0 amide bonds. The summed E-state index contributed by atoms with van der Waals surface area (Å²) in [5, 5.41) is 4.44. The molecule has 0 unspecified atom stereocenters. The maximum atomic E-state index is 6.95. The molecule has 63 heavy (non-hydrogen) atoms. The lowest BCUT2D eigenvalue weighted by molar-refractivity contribution is 0.669. The maximum Gasteiger partial charge on any atom is 0.167 e. The molecule has 9 aromatic carbocycles. The molecule has 2 aliphatic carbocycles. The predicted molar refractivity (Wildman–Crippen MR) is 254 cm³/mol. The van der Waals surface area contributed by atoms with Crippen molar-refractivity contribution < 1.29 is 4.42 Å². The Labute approximate surface area is 362 Å². The summed E-state index contributed by atoms with van der Waals surface area (Å²) in [6, 6.07) is 73.7. The maximum absolute atomic E-state index is 6.95. The molecule has 3 heterocycles. The molecule has 292 valence electrons. The van der Waals surface area contributed by atoms with Gasteiger partial charge in [0.2, 0.25) is 0 Å². The Morgan fingerprint density at radius 1 is 0.365 bits per heavy atom. The Morgan fingerprint density at radius 3 is 1.54 bits per heavy atom. The van der Waals surface area contributed by atoms with Crippen LogP contribution in [0.5, 0.6) is 0 Å². The number of nitrogens with zero attached hydrogens (tertiary/aromatic N) is 4. The van der Waals surface area contributed by atoms with Crippen molar-refractivity contribution in [2.45, 2.75) is 5.41 Å². The van der Waals surface area contributed by atoms with Gasteiger partial charge in [0.15, 0.2) is 17.5 Å². The standard InChI is InChI=1S/C58H34N4O/c1-3-17-35(18-4-1)55-59-56(36-19-5-2-6-20-36)61-57(60-55)42-31-32-50(53-41-25-11-16-30-52(41)63-54(42)53)62-49-29-15-10-24-40(49)44-33-43-39-23-9-14-28-47(39)58(48(43)34-51(44)62)45-26-12-7-21-37(45)38-22-8-13-27-46(38)58/h1-34H. The Balaban J connectivity index is 1.08. The fourth-order valence-corrected chi connectivity index (χ4v) is 10.9. The van der Waals surface area contributed by atoms with Gasteiger partial charge in [0, 0.05) is 27.3 Å². The zero-order chi connectivity index (χ0) is 41.2. The normalized spacial score (nSPS) is 13.2. The average molecular weight is 803 g/mol. The van der Waals surface area contributed by atoms with Crippen molar-refractivity contribution >= 4 is 43.7 Å². The second-order valence-electron chi connectivity index (χ2n) is 16.6. The van der Waals surface area contributed by atoms with E-state index < -0.39 is 5.41 Å². The van der Waals surface area contributed by atoms with Crippen molar-refractivity contribution in [3.8, 4) is 62.1 Å². The molecule has 14 rings (SSSR count). The van der Waals surface area contributed by atoms with E-state index in [0.29, 0.717) is 17.5 Å². The van der Waals surface area contributed by atoms with Crippen molar-refractivity contribution in [3.63, 3.8) is 0 Å². The number of rotatable bonds is 4. The lowest BCUT2D eigenvalue weighted by Crippen LogP contribution is -2.25. The van der Waals surface area contributed by atoms with Crippen LogP contribution in [0.2, 0.25) is 0 Å². The number of para-hydroxylation sites is 2. The molecule has 0 aliphatic heterocycles. The third-order valence-electron chi connectivity index (χ3n) is 13.5. The molecule has 5 heteroatoms. The summed E-state index contributed by atoms with van der Waals surface area (Å²) in [4.78, 5) is 15.3. The Morgan fingerprint density at radius 2 is 0.889 bits per heavy atom. The SMILES string of the molecule is c1ccc(-c2nc(-c3ccccc3)nc(-c3ccc(-n4c5ccccc5c5cc6c(cc54)C4(c5ccccc5-c5ccccc54)c4ccccc4-6)c4c3oc3ccccc34)n2)cc1. The number of benzene rings is 9. The van der Waals surface area contributed by atoms with Crippen molar-refractivity contribution in [1.82, 2.24) is 19.5 Å². The Kier molecular flexibility index (Phi) is 6.97. The highest BCUT2D eigenvalue weighted by molar-refractivity contribution is 6.17. The minimum absolute atomic E-state index is 0.471. The molecule has 12 aromatic rings. The van der Waals surface area contributed by atoms with Crippen LogP contribution in [0.1, 0.15) is 22.3 Å². The topological polar surface area (TPSA) is 56.7 Å². The van der Waals surface area contributed by atoms with Crippen LogP contribution < -0.4 is 0 Å². The van der Waals surface area contributed by atoms with Crippen LogP contribution in [0.15, 0.2) is 211 Å². The fourth-order valence-electron chi connectivity index (χ4n) is 10.9. The smallest absolute Gasteiger partial charge is 0.167 e. The molecule has 0 atom stereocenters. The van der Waals surface area contributed by atoms with Crippen LogP contribution >= 0.6 is 0 Å². The Hall–Kier alpha value is -8.41. The molecule has 0 N–H and O–H groups in total. The van der Waals surface area contributed by atoms with Crippen molar-refractivity contribution in [1.29, 1.82) is 0 Å². The van der Waals surface area contributed by atoms with E-state index in [0.717, 1.165) is 55.3 Å². The van der Waals surface area contributed by atoms with E-state index in [1.807, 2.05) is 66.7 Å². The molecule has 1 spiro atoms. The van der Waals surface area contributed by atoms with E-state index in [4.69, 9.17) is 19.4 Å². The number of hydrogen-bond donors (Lipinski definition) is 0. The lowest BCUT2D eigenvalue weighted by atomic mass is 9.70. The summed E-state index contributed by atoms with van der Waals surface area (Å²) < 4.78 is 9.41. The highest BCUT2D eigenvalue weighted by atomic mass is 16.3. The summed E-state index contributed by atoms with van der Waals surface area (Å²) in [6.45, 7) is 0. The zero-order valence-corrected chi connectivity index (χ0v) is 33.8. The number of hydrogen-bond acceptors (Lipinski definition) is 4. The van der Waals surface area contributed by atoms with Gasteiger partial charge in [-0.2, -0.15) is 0 Å². The van der Waals surface area contributed by atoms with Crippen LogP contribution in [0, 0.1) is 0 Å². The van der Waals surface area contributed by atoms with Crippen LogP contribution in [-0.4, -0.2) is 19.5 Å². The van der Waals surface area contributed by atoms with Crippen molar-refractivity contribution in [3.05, 3.63) is 229 Å². The van der Waals surface area contributed by atoms with Crippen LogP contribution in [0.4, 0.5) is 0 Å². The highest BCUT2D eigenvalue weighted by Crippen LogP contribution is 2.63. The van der Waals surface area contributed by atoms with Crippen molar-refractivity contribution in [2.75, 3.05) is 0 Å². The fraction of sp³-hybridized carbons (Fsp3) is 0.0172. The molecule has 0 bridgehead atoms. The van der Waals surface area contributed by atoms with Crippen LogP contribution in [0.3, 0.4) is 0 Å². The van der Waals surface area contributed by atoms with E-state index in [-0.39, 0.29) is 0 Å². The third-order valence-corrected chi connectivity index (χ3v) is 13.5. The summed E-state index contributed by atoms with van der Waals surface area (Å²) >= 11 is 0. The van der Waals surface area contributed by atoms with Crippen LogP contribution in [0.25, 0.3) is 106 Å². The van der Waals surface area contributed by atoms with Gasteiger partial charge in [-0.3, -0.25) is 0 Å². The number of furan rings is 1. The van der Waals surface area contributed by atoms with E-state index in [2.05, 4.69) is 144 Å². The van der Waals surface area contributed by atoms with E-state index in [1.54, 1.807) is 0 Å². The monoisotopic (exact) mass is 802 g/mol. The quantitative estimate of drug-likeness (QED) is 0.178. The molecule has 0 saturated heterocycles. The third kappa shape index (κ3) is 4.63. The molecule has 0 saturated carbocycles. The Bertz CT molecular complexity index is 3760. The largest absolute Gasteiger partial charge is 0.455 e. The van der Waals surface area contributed by atoms with Gasteiger partial charge < -0.3 is 8.98 Å². The van der Waals surface area contributed by atoms with Crippen LogP contribution in [-0.2, 0) is 5.41 Å². The lowest BCUT2D eigenvalue weighted by Gasteiger charge is -2.30. The highest BCUT2D eigenvalue weighted by Gasteiger charge is 2.51. The summed E-state index contributed by atoms with van der Waals surface area (Å²) in [7, 11) is 0. The van der Waals surface area contributed by atoms with Gasteiger partial charge in [0.1, 0.15) is 11.2 Å². The molecular weight excluding hydrogens is 769 g/mol. The first-order chi connectivity index (χ1) is 31.3. The first-order valence-electron chi connectivity index (χ1n) is 21.4. The first-order valence-corrected chi connectivity index (χ1v) is 21.4. The number of fused-ring (bicyclic) bond motifs is 16. The molecular formula is C58H34N4O. The molecule has 2 aliphatic rings. The minimum Gasteiger partial charge on any atom is -0.455 e. The minimum atomic E-state index is -0.471. The molecule has 0 fully saturated rings. The van der Waals surface area contributed by atoms with Crippen molar-refractivity contribution in [2.24, 2.45) is 0 Å². The van der Waals surface area contributed by atoms with Gasteiger partial charge >= 0.3 is 0 Å². The van der Waals surface area contributed by atoms with Gasteiger partial charge in [0.05, 0.1) is 33.1 Å². The van der Waals surface area contributed by atoms with Gasteiger partial charge in [-0.15, -0.1) is 0 Å². The molecule has 5 nitrogen and oxygen atoms in total. The zero-order valence-electron chi connectivity index (χ0n) is 33.8.